The smallest absolute Gasteiger partial charge is 0.251 e. The van der Waals surface area contributed by atoms with Crippen molar-refractivity contribution in [2.75, 3.05) is 36.9 Å². The van der Waals surface area contributed by atoms with Crippen molar-refractivity contribution in [3.05, 3.63) is 53.0 Å². The van der Waals surface area contributed by atoms with Crippen LogP contribution in [0.5, 0.6) is 0 Å². The van der Waals surface area contributed by atoms with Crippen LogP contribution in [-0.4, -0.2) is 37.2 Å². The highest BCUT2D eigenvalue weighted by Gasteiger charge is 2.17. The highest BCUT2D eigenvalue weighted by atomic mass is 19.1. The number of carbonyl (C=O) groups is 1. The van der Waals surface area contributed by atoms with E-state index in [1.807, 2.05) is 11.8 Å². The Morgan fingerprint density at radius 3 is 2.80 bits per heavy atom. The molecular weight excluding hydrogens is 323 g/mol. The van der Waals surface area contributed by atoms with E-state index in [0.29, 0.717) is 48.9 Å². The summed E-state index contributed by atoms with van der Waals surface area (Å²) in [6.07, 6.45) is 1.58. The molecule has 6 nitrogen and oxygen atoms in total. The zero-order valence-corrected chi connectivity index (χ0v) is 14.1. The van der Waals surface area contributed by atoms with Gasteiger partial charge in [-0.3, -0.25) is 4.79 Å². The maximum atomic E-state index is 14.3. The number of nitrogens with two attached hydrogens (primary N) is 1. The Labute approximate surface area is 145 Å². The molecular formula is C18H21FN4O2. The van der Waals surface area contributed by atoms with Gasteiger partial charge in [0, 0.05) is 37.1 Å². The fourth-order valence-corrected chi connectivity index (χ4v) is 2.64. The lowest BCUT2D eigenvalue weighted by Gasteiger charge is -2.28. The van der Waals surface area contributed by atoms with Crippen LogP contribution < -0.4 is 16.0 Å². The highest BCUT2D eigenvalue weighted by molar-refractivity contribution is 5.95. The number of hydrogen-bond acceptors (Lipinski definition) is 5. The summed E-state index contributed by atoms with van der Waals surface area (Å²) in [6, 6.07) is 6.54. The van der Waals surface area contributed by atoms with Crippen molar-refractivity contribution < 1.29 is 13.9 Å². The zero-order chi connectivity index (χ0) is 17.8. The molecule has 3 rings (SSSR count). The summed E-state index contributed by atoms with van der Waals surface area (Å²) in [5, 5.41) is 2.75. The predicted molar refractivity (Wildman–Crippen MR) is 94.0 cm³/mol. The van der Waals surface area contributed by atoms with E-state index in [1.165, 1.54) is 6.07 Å². The first kappa shape index (κ1) is 17.2. The van der Waals surface area contributed by atoms with Crippen molar-refractivity contribution in [1.82, 2.24) is 10.3 Å². The molecule has 2 heterocycles. The average Bonchev–Trinajstić information content (AvgIpc) is 2.63. The third kappa shape index (κ3) is 4.06. The summed E-state index contributed by atoms with van der Waals surface area (Å²) >= 11 is 0. The van der Waals surface area contributed by atoms with Gasteiger partial charge in [-0.2, -0.15) is 0 Å². The number of hydrogen-bond donors (Lipinski definition) is 2. The molecule has 0 radical (unpaired) electrons. The van der Waals surface area contributed by atoms with Crippen LogP contribution >= 0.6 is 0 Å². The molecule has 3 N–H and O–H groups in total. The number of benzene rings is 1. The summed E-state index contributed by atoms with van der Waals surface area (Å²) in [4.78, 5) is 18.2. The maximum Gasteiger partial charge on any atom is 0.251 e. The van der Waals surface area contributed by atoms with Gasteiger partial charge in [0.15, 0.2) is 11.6 Å². The van der Waals surface area contributed by atoms with Crippen LogP contribution in [-0.2, 0) is 11.3 Å². The molecule has 7 heteroatoms. The van der Waals surface area contributed by atoms with Gasteiger partial charge in [0.1, 0.15) is 0 Å². The molecule has 0 bridgehead atoms. The molecule has 0 spiro atoms. The molecule has 0 atom stereocenters. The number of pyridine rings is 1. The lowest BCUT2D eigenvalue weighted by molar-refractivity contribution is 0.0951. The lowest BCUT2D eigenvalue weighted by atomic mass is 10.1. The minimum Gasteiger partial charge on any atom is -0.398 e. The molecule has 0 saturated carbocycles. The van der Waals surface area contributed by atoms with E-state index in [4.69, 9.17) is 10.5 Å². The van der Waals surface area contributed by atoms with Crippen LogP contribution in [0.25, 0.3) is 0 Å². The van der Waals surface area contributed by atoms with Crippen molar-refractivity contribution in [3.63, 3.8) is 0 Å². The summed E-state index contributed by atoms with van der Waals surface area (Å²) in [5.41, 5.74) is 8.38. The normalized spacial score (nSPS) is 14.4. The quantitative estimate of drug-likeness (QED) is 0.828. The average molecular weight is 344 g/mol. The number of nitrogens with one attached hydrogen (secondary N) is 1. The highest BCUT2D eigenvalue weighted by Crippen LogP contribution is 2.18. The number of aromatic nitrogens is 1. The Morgan fingerprint density at radius 1 is 1.36 bits per heavy atom. The Bertz CT molecular complexity index is 776. The number of ether oxygens (including phenoxy) is 1. The van der Waals surface area contributed by atoms with E-state index in [0.717, 1.165) is 5.56 Å². The van der Waals surface area contributed by atoms with Crippen LogP contribution in [0, 0.1) is 12.7 Å². The lowest BCUT2D eigenvalue weighted by Crippen LogP contribution is -2.37. The minimum atomic E-state index is -0.395. The van der Waals surface area contributed by atoms with Crippen molar-refractivity contribution in [1.29, 1.82) is 0 Å². The molecule has 1 fully saturated rings. The van der Waals surface area contributed by atoms with Gasteiger partial charge in [-0.15, -0.1) is 0 Å². The van der Waals surface area contributed by atoms with Gasteiger partial charge < -0.3 is 20.7 Å². The Balaban J connectivity index is 1.63. The summed E-state index contributed by atoms with van der Waals surface area (Å²) < 4.78 is 19.6. The molecule has 1 saturated heterocycles. The van der Waals surface area contributed by atoms with E-state index >= 15 is 0 Å². The first-order valence-electron chi connectivity index (χ1n) is 8.16. The third-order valence-electron chi connectivity index (χ3n) is 4.18. The molecule has 25 heavy (non-hydrogen) atoms. The topological polar surface area (TPSA) is 80.5 Å². The number of rotatable bonds is 4. The SMILES string of the molecule is Cc1ccc(C(=O)NCc2cnc(N3CCOCC3)c(F)c2)cc1N. The summed E-state index contributed by atoms with van der Waals surface area (Å²) in [7, 11) is 0. The number of halogens is 1. The molecule has 0 aliphatic carbocycles. The maximum absolute atomic E-state index is 14.3. The third-order valence-corrected chi connectivity index (χ3v) is 4.18. The molecule has 132 valence electrons. The summed E-state index contributed by atoms with van der Waals surface area (Å²) in [5.74, 6) is -0.331. The van der Waals surface area contributed by atoms with E-state index in [2.05, 4.69) is 10.3 Å². The van der Waals surface area contributed by atoms with Crippen molar-refractivity contribution in [3.8, 4) is 0 Å². The number of anilines is 2. The van der Waals surface area contributed by atoms with E-state index in [-0.39, 0.29) is 12.5 Å². The van der Waals surface area contributed by atoms with Crippen molar-refractivity contribution in [2.24, 2.45) is 0 Å². The van der Waals surface area contributed by atoms with Gasteiger partial charge in [0.2, 0.25) is 0 Å². The molecule has 1 aromatic heterocycles. The van der Waals surface area contributed by atoms with Crippen LogP contribution in [0.2, 0.25) is 0 Å². The second-order valence-electron chi connectivity index (χ2n) is 6.00. The van der Waals surface area contributed by atoms with Gasteiger partial charge >= 0.3 is 0 Å². The molecule has 1 aromatic carbocycles. The molecule has 0 unspecified atom stereocenters. The fraction of sp³-hybridized carbons (Fsp3) is 0.333. The van der Waals surface area contributed by atoms with Gasteiger partial charge in [-0.05, 0) is 36.2 Å². The number of carbonyl (C=O) groups excluding carboxylic acids is 1. The van der Waals surface area contributed by atoms with E-state index in [1.54, 1.807) is 24.4 Å². The van der Waals surface area contributed by atoms with E-state index in [9.17, 15) is 9.18 Å². The van der Waals surface area contributed by atoms with Gasteiger partial charge in [-0.25, -0.2) is 9.37 Å². The van der Waals surface area contributed by atoms with Gasteiger partial charge in [-0.1, -0.05) is 6.07 Å². The Hall–Kier alpha value is -2.67. The second kappa shape index (κ2) is 7.48. The van der Waals surface area contributed by atoms with Crippen LogP contribution in [0.1, 0.15) is 21.5 Å². The Morgan fingerprint density at radius 2 is 2.12 bits per heavy atom. The van der Waals surface area contributed by atoms with Crippen molar-refractivity contribution in [2.45, 2.75) is 13.5 Å². The van der Waals surface area contributed by atoms with Gasteiger partial charge in [0.05, 0.1) is 13.2 Å². The monoisotopic (exact) mass is 344 g/mol. The number of aryl methyl sites for hydroxylation is 1. The molecule has 2 aromatic rings. The largest absolute Gasteiger partial charge is 0.398 e. The summed E-state index contributed by atoms with van der Waals surface area (Å²) in [6.45, 7) is 4.45. The minimum absolute atomic E-state index is 0.194. The van der Waals surface area contributed by atoms with E-state index < -0.39 is 5.82 Å². The van der Waals surface area contributed by atoms with Crippen LogP contribution in [0.4, 0.5) is 15.9 Å². The predicted octanol–water partition coefficient (Wildman–Crippen LogP) is 1.88. The molecule has 1 amide bonds. The van der Waals surface area contributed by atoms with Gasteiger partial charge in [0.25, 0.3) is 5.91 Å². The zero-order valence-electron chi connectivity index (χ0n) is 14.1. The number of nitrogens with zero attached hydrogens (tertiary/aromatic N) is 2. The number of nitrogen functional groups attached to an aromatic ring is 1. The van der Waals surface area contributed by atoms with Crippen LogP contribution in [0.3, 0.4) is 0 Å². The Kier molecular flexibility index (Phi) is 5.14. The number of morpholine rings is 1. The van der Waals surface area contributed by atoms with Crippen LogP contribution in [0.15, 0.2) is 30.5 Å². The molecule has 1 aliphatic rings. The second-order valence-corrected chi connectivity index (χ2v) is 6.00. The first-order valence-corrected chi connectivity index (χ1v) is 8.16. The fourth-order valence-electron chi connectivity index (χ4n) is 2.64. The number of amides is 1. The molecule has 1 aliphatic heterocycles. The standard InChI is InChI=1S/C18H21FN4O2/c1-12-2-3-14(9-16(12)20)18(24)22-11-13-8-15(19)17(21-10-13)23-4-6-25-7-5-23/h2-3,8-10H,4-7,11,20H2,1H3,(H,22,24). The van der Waals surface area contributed by atoms with Crippen molar-refractivity contribution >= 4 is 17.4 Å². The first-order chi connectivity index (χ1) is 12.0.